The van der Waals surface area contributed by atoms with Crippen LogP contribution in [0.3, 0.4) is 0 Å². The number of para-hydroxylation sites is 1. The van der Waals surface area contributed by atoms with Crippen LogP contribution in [0.25, 0.3) is 22.7 Å². The molecule has 0 amide bonds. The van der Waals surface area contributed by atoms with Gasteiger partial charge in [0.25, 0.3) is 5.56 Å². The fourth-order valence-corrected chi connectivity index (χ4v) is 6.30. The van der Waals surface area contributed by atoms with E-state index in [2.05, 4.69) is 4.98 Å². The molecule has 0 spiro atoms. The van der Waals surface area contributed by atoms with E-state index in [9.17, 15) is 9.59 Å². The van der Waals surface area contributed by atoms with Gasteiger partial charge in [0, 0.05) is 33.1 Å². The van der Waals surface area contributed by atoms with Gasteiger partial charge in [-0.05, 0) is 43.0 Å². The Morgan fingerprint density at radius 1 is 1.08 bits per heavy atom. The summed E-state index contributed by atoms with van der Waals surface area (Å²) < 4.78 is 7.72. The first-order chi connectivity index (χ1) is 19.1. The highest BCUT2D eigenvalue weighted by Crippen LogP contribution is 2.35. The van der Waals surface area contributed by atoms with Crippen molar-refractivity contribution in [1.29, 1.82) is 0 Å². The SMILES string of the molecule is CCOC(=O)C1=C(c2ccccc2)N=c2s/c(=C\c3c[nH]c4ccccc34)c(=O)n2[C@@H]1c1ccc(SC)cc1. The molecule has 0 unspecified atom stereocenters. The fraction of sp³-hybridized carbons (Fsp3) is 0.129. The zero-order valence-electron chi connectivity index (χ0n) is 21.4. The minimum absolute atomic E-state index is 0.197. The molecular formula is C31H25N3O3S2. The molecular weight excluding hydrogens is 526 g/mol. The number of fused-ring (bicyclic) bond motifs is 2. The number of thiazole rings is 1. The maximum Gasteiger partial charge on any atom is 0.338 e. The third kappa shape index (κ3) is 4.56. The Morgan fingerprint density at radius 2 is 1.82 bits per heavy atom. The molecule has 8 heteroatoms. The summed E-state index contributed by atoms with van der Waals surface area (Å²) in [5, 5.41) is 1.03. The lowest BCUT2D eigenvalue weighted by atomic mass is 9.93. The van der Waals surface area contributed by atoms with Gasteiger partial charge in [0.1, 0.15) is 0 Å². The first-order valence-corrected chi connectivity index (χ1v) is 14.6. The summed E-state index contributed by atoms with van der Waals surface area (Å²) in [6.07, 6.45) is 5.81. The highest BCUT2D eigenvalue weighted by molar-refractivity contribution is 7.98. The van der Waals surface area contributed by atoms with Crippen LogP contribution < -0.4 is 14.9 Å². The van der Waals surface area contributed by atoms with Gasteiger partial charge in [-0.25, -0.2) is 9.79 Å². The number of esters is 1. The Hall–Kier alpha value is -4.14. The average molecular weight is 552 g/mol. The van der Waals surface area contributed by atoms with Crippen LogP contribution >= 0.6 is 23.1 Å². The Labute approximate surface area is 233 Å². The van der Waals surface area contributed by atoms with Crippen LogP contribution in [0.15, 0.2) is 105 Å². The van der Waals surface area contributed by atoms with Gasteiger partial charge in [-0.15, -0.1) is 11.8 Å². The first-order valence-electron chi connectivity index (χ1n) is 12.6. The minimum atomic E-state index is -0.684. The first kappa shape index (κ1) is 25.2. The molecule has 0 radical (unpaired) electrons. The molecule has 6 rings (SSSR count). The molecule has 0 aliphatic carbocycles. The lowest BCUT2D eigenvalue weighted by Crippen LogP contribution is -2.40. The number of rotatable bonds is 6. The van der Waals surface area contributed by atoms with E-state index < -0.39 is 12.0 Å². The summed E-state index contributed by atoms with van der Waals surface area (Å²) in [7, 11) is 0. The van der Waals surface area contributed by atoms with Crippen molar-refractivity contribution in [2.75, 3.05) is 12.9 Å². The van der Waals surface area contributed by atoms with E-state index in [4.69, 9.17) is 9.73 Å². The Kier molecular flexibility index (Phi) is 6.81. The molecule has 1 atom stereocenters. The Balaban J connectivity index is 1.64. The van der Waals surface area contributed by atoms with Crippen molar-refractivity contribution in [3.05, 3.63) is 127 Å². The van der Waals surface area contributed by atoms with Gasteiger partial charge in [-0.2, -0.15) is 0 Å². The van der Waals surface area contributed by atoms with Crippen LogP contribution in [0.5, 0.6) is 0 Å². The van der Waals surface area contributed by atoms with Crippen LogP contribution in [0.1, 0.15) is 29.7 Å². The van der Waals surface area contributed by atoms with Gasteiger partial charge >= 0.3 is 5.97 Å². The molecule has 0 bridgehead atoms. The molecule has 1 N–H and O–H groups in total. The minimum Gasteiger partial charge on any atom is -0.463 e. The maximum atomic E-state index is 14.0. The molecule has 6 nitrogen and oxygen atoms in total. The molecule has 1 aliphatic rings. The van der Waals surface area contributed by atoms with Crippen LogP contribution in [0.2, 0.25) is 0 Å². The van der Waals surface area contributed by atoms with Gasteiger partial charge in [0.2, 0.25) is 0 Å². The number of benzene rings is 3. The number of ether oxygens (including phenoxy) is 1. The third-order valence-corrected chi connectivity index (χ3v) is 8.44. The van der Waals surface area contributed by atoms with Crippen molar-refractivity contribution in [3.63, 3.8) is 0 Å². The lowest BCUT2D eigenvalue weighted by Gasteiger charge is -2.26. The van der Waals surface area contributed by atoms with Gasteiger partial charge < -0.3 is 9.72 Å². The second kappa shape index (κ2) is 10.6. The molecule has 0 saturated carbocycles. The smallest absolute Gasteiger partial charge is 0.338 e. The van der Waals surface area contributed by atoms with E-state index in [1.165, 1.54) is 11.3 Å². The van der Waals surface area contributed by atoms with Crippen molar-refractivity contribution < 1.29 is 9.53 Å². The van der Waals surface area contributed by atoms with Crippen LogP contribution in [-0.2, 0) is 9.53 Å². The van der Waals surface area contributed by atoms with Gasteiger partial charge in [-0.1, -0.05) is 72.0 Å². The van der Waals surface area contributed by atoms with E-state index >= 15 is 0 Å². The number of H-pyrrole nitrogens is 1. The Morgan fingerprint density at radius 3 is 2.56 bits per heavy atom. The van der Waals surface area contributed by atoms with E-state index in [0.717, 1.165) is 32.5 Å². The Bertz CT molecular complexity index is 1900. The van der Waals surface area contributed by atoms with E-state index in [1.807, 2.05) is 97.4 Å². The maximum absolute atomic E-state index is 14.0. The highest BCUT2D eigenvalue weighted by Gasteiger charge is 2.35. The summed E-state index contributed by atoms with van der Waals surface area (Å²) >= 11 is 2.96. The van der Waals surface area contributed by atoms with Crippen LogP contribution in [-0.4, -0.2) is 28.4 Å². The molecule has 39 heavy (non-hydrogen) atoms. The summed E-state index contributed by atoms with van der Waals surface area (Å²) in [6.45, 7) is 1.99. The summed E-state index contributed by atoms with van der Waals surface area (Å²) in [6, 6.07) is 24.8. The molecule has 194 valence electrons. The van der Waals surface area contributed by atoms with Crippen molar-refractivity contribution in [2.45, 2.75) is 17.9 Å². The number of aromatic amines is 1. The topological polar surface area (TPSA) is 76.4 Å². The average Bonchev–Trinajstić information content (AvgIpc) is 3.53. The monoisotopic (exact) mass is 551 g/mol. The fourth-order valence-electron chi connectivity index (χ4n) is 4.90. The van der Waals surface area contributed by atoms with Crippen molar-refractivity contribution in [3.8, 4) is 0 Å². The van der Waals surface area contributed by atoms with E-state index in [-0.39, 0.29) is 12.2 Å². The van der Waals surface area contributed by atoms with Crippen molar-refractivity contribution >= 4 is 51.7 Å². The number of carbonyl (C=O) groups is 1. The number of aromatic nitrogens is 2. The standard InChI is InChI=1S/C31H25N3O3S2/c1-3-37-30(36)26-27(19-9-5-4-6-10-19)33-31-34(28(26)20-13-15-22(38-2)16-14-20)29(35)25(39-31)17-21-18-32-24-12-8-7-11-23(21)24/h4-18,28,32H,3H2,1-2H3/b25-17-/t28-/m1/s1. The lowest BCUT2D eigenvalue weighted by molar-refractivity contribution is -0.138. The molecule has 3 heterocycles. The summed E-state index contributed by atoms with van der Waals surface area (Å²) in [4.78, 5) is 37.4. The number of carbonyl (C=O) groups excluding carboxylic acids is 1. The number of hydrogen-bond acceptors (Lipinski definition) is 6. The number of nitrogens with zero attached hydrogens (tertiary/aromatic N) is 2. The molecule has 3 aromatic carbocycles. The van der Waals surface area contributed by atoms with Gasteiger partial charge in [0.05, 0.1) is 28.5 Å². The van der Waals surface area contributed by atoms with Crippen molar-refractivity contribution in [1.82, 2.24) is 9.55 Å². The predicted molar refractivity (Wildman–Crippen MR) is 158 cm³/mol. The largest absolute Gasteiger partial charge is 0.463 e. The summed E-state index contributed by atoms with van der Waals surface area (Å²) in [5.41, 5.74) is 4.21. The van der Waals surface area contributed by atoms with E-state index in [1.54, 1.807) is 23.3 Å². The molecule has 2 aromatic heterocycles. The van der Waals surface area contributed by atoms with Gasteiger partial charge in [-0.3, -0.25) is 9.36 Å². The second-order valence-electron chi connectivity index (χ2n) is 8.99. The number of nitrogens with one attached hydrogen (secondary N) is 1. The second-order valence-corrected chi connectivity index (χ2v) is 10.9. The zero-order chi connectivity index (χ0) is 26.9. The quantitative estimate of drug-likeness (QED) is 0.234. The zero-order valence-corrected chi connectivity index (χ0v) is 23.0. The highest BCUT2D eigenvalue weighted by atomic mass is 32.2. The third-order valence-electron chi connectivity index (χ3n) is 6.71. The number of hydrogen-bond donors (Lipinski definition) is 1. The predicted octanol–water partition coefficient (Wildman–Crippen LogP) is 5.14. The van der Waals surface area contributed by atoms with E-state index in [0.29, 0.717) is 20.6 Å². The van der Waals surface area contributed by atoms with Crippen LogP contribution in [0, 0.1) is 0 Å². The molecule has 0 saturated heterocycles. The molecule has 1 aliphatic heterocycles. The molecule has 0 fully saturated rings. The summed E-state index contributed by atoms with van der Waals surface area (Å²) in [5.74, 6) is -0.482. The van der Waals surface area contributed by atoms with Crippen LogP contribution in [0.4, 0.5) is 0 Å². The van der Waals surface area contributed by atoms with Crippen molar-refractivity contribution in [2.24, 2.45) is 4.99 Å². The van der Waals surface area contributed by atoms with Gasteiger partial charge in [0.15, 0.2) is 4.80 Å². The normalized spacial score (nSPS) is 15.3. The number of thioether (sulfide) groups is 1. The molecule has 5 aromatic rings.